The minimum atomic E-state index is -0.597. The van der Waals surface area contributed by atoms with Crippen molar-refractivity contribution in [1.82, 2.24) is 5.32 Å². The third kappa shape index (κ3) is 2.76. The molecular formula is C13H14BrN3O3. The number of nitriles is 1. The van der Waals surface area contributed by atoms with Gasteiger partial charge in [0, 0.05) is 12.5 Å². The van der Waals surface area contributed by atoms with Gasteiger partial charge in [-0.25, -0.2) is 0 Å². The zero-order chi connectivity index (χ0) is 14.8. The maximum atomic E-state index is 11.0. The smallest absolute Gasteiger partial charge is 0.312 e. The fraction of sp³-hybridized carbons (Fsp3) is 0.462. The highest BCUT2D eigenvalue weighted by molar-refractivity contribution is 9.10. The number of ether oxygens (including phenoxy) is 1. The molecule has 1 fully saturated rings. The number of para-hydroxylation sites is 1. The van der Waals surface area contributed by atoms with Gasteiger partial charge in [0.15, 0.2) is 0 Å². The van der Waals surface area contributed by atoms with Crippen LogP contribution in [-0.2, 0) is 0 Å². The number of hydrogen-bond donors (Lipinski definition) is 1. The van der Waals surface area contributed by atoms with Crippen molar-refractivity contribution in [2.75, 3.05) is 7.05 Å². The van der Waals surface area contributed by atoms with Gasteiger partial charge in [-0.2, -0.15) is 5.26 Å². The Morgan fingerprint density at radius 1 is 1.65 bits per heavy atom. The molecule has 1 aromatic rings. The van der Waals surface area contributed by atoms with Gasteiger partial charge in [0.25, 0.3) is 0 Å². The van der Waals surface area contributed by atoms with Gasteiger partial charge in [-0.1, -0.05) is 6.07 Å². The molecule has 20 heavy (non-hydrogen) atoms. The van der Waals surface area contributed by atoms with Crippen LogP contribution in [0.3, 0.4) is 0 Å². The summed E-state index contributed by atoms with van der Waals surface area (Å²) in [5, 5.41) is 23.2. The maximum absolute atomic E-state index is 11.0. The topological polar surface area (TPSA) is 88.2 Å². The van der Waals surface area contributed by atoms with Gasteiger partial charge in [0.1, 0.15) is 11.6 Å². The molecule has 0 saturated heterocycles. The molecule has 0 aromatic heterocycles. The summed E-state index contributed by atoms with van der Waals surface area (Å²) in [5.41, 5.74) is -0.668. The summed E-state index contributed by atoms with van der Waals surface area (Å²) in [4.78, 5) is 10.6. The van der Waals surface area contributed by atoms with Crippen LogP contribution in [0, 0.1) is 21.4 Å². The second-order valence-corrected chi connectivity index (χ2v) is 5.63. The van der Waals surface area contributed by atoms with E-state index in [2.05, 4.69) is 27.3 Å². The third-order valence-electron chi connectivity index (χ3n) is 3.59. The minimum absolute atomic E-state index is 0.0710. The van der Waals surface area contributed by atoms with Gasteiger partial charge in [-0.15, -0.1) is 0 Å². The molecule has 2 atom stereocenters. The third-order valence-corrected chi connectivity index (χ3v) is 4.21. The number of benzene rings is 1. The Morgan fingerprint density at radius 2 is 2.40 bits per heavy atom. The molecule has 1 saturated carbocycles. The number of nitro benzene ring substituents is 1. The van der Waals surface area contributed by atoms with E-state index in [0.29, 0.717) is 23.7 Å². The lowest BCUT2D eigenvalue weighted by Gasteiger charge is -2.20. The summed E-state index contributed by atoms with van der Waals surface area (Å²) in [7, 11) is 1.74. The summed E-state index contributed by atoms with van der Waals surface area (Å²) < 4.78 is 6.32. The summed E-state index contributed by atoms with van der Waals surface area (Å²) in [6.45, 7) is 0. The minimum Gasteiger partial charge on any atom is -0.483 e. The number of nitro groups is 1. The molecule has 0 amide bonds. The van der Waals surface area contributed by atoms with Crippen LogP contribution in [0.1, 0.15) is 19.3 Å². The fourth-order valence-electron chi connectivity index (χ4n) is 2.41. The molecule has 106 valence electrons. The van der Waals surface area contributed by atoms with Gasteiger partial charge >= 0.3 is 5.69 Å². The molecule has 1 aliphatic carbocycles. The molecule has 0 bridgehead atoms. The number of rotatable bonds is 4. The summed E-state index contributed by atoms with van der Waals surface area (Å²) in [6.07, 6.45) is 1.66. The molecule has 0 heterocycles. The normalized spacial score (nSPS) is 25.1. The zero-order valence-corrected chi connectivity index (χ0v) is 12.5. The molecule has 1 aromatic carbocycles. The first-order chi connectivity index (χ1) is 9.51. The van der Waals surface area contributed by atoms with E-state index in [1.54, 1.807) is 19.2 Å². The second-order valence-electron chi connectivity index (χ2n) is 4.77. The van der Waals surface area contributed by atoms with E-state index in [9.17, 15) is 15.4 Å². The van der Waals surface area contributed by atoms with Crippen LogP contribution in [0.15, 0.2) is 22.7 Å². The van der Waals surface area contributed by atoms with E-state index in [0.717, 1.165) is 0 Å². The van der Waals surface area contributed by atoms with Crippen LogP contribution in [0.4, 0.5) is 5.69 Å². The predicted octanol–water partition coefficient (Wildman–Crippen LogP) is 2.77. The van der Waals surface area contributed by atoms with Crippen LogP contribution in [0.2, 0.25) is 0 Å². The lowest BCUT2D eigenvalue weighted by molar-refractivity contribution is -0.386. The van der Waals surface area contributed by atoms with Crippen LogP contribution in [0.5, 0.6) is 5.75 Å². The Morgan fingerprint density at radius 3 is 2.95 bits per heavy atom. The maximum Gasteiger partial charge on any atom is 0.312 e. The van der Waals surface area contributed by atoms with Crippen molar-refractivity contribution in [1.29, 1.82) is 5.26 Å². The van der Waals surface area contributed by atoms with Crippen LogP contribution in [-0.4, -0.2) is 23.6 Å². The Kier molecular flexibility index (Phi) is 4.26. The van der Waals surface area contributed by atoms with Crippen molar-refractivity contribution < 1.29 is 9.66 Å². The molecule has 7 heteroatoms. The monoisotopic (exact) mass is 339 g/mol. The van der Waals surface area contributed by atoms with Gasteiger partial charge in [0.2, 0.25) is 5.75 Å². The molecular weight excluding hydrogens is 326 g/mol. The quantitative estimate of drug-likeness (QED) is 0.673. The highest BCUT2D eigenvalue weighted by atomic mass is 79.9. The fourth-order valence-corrected chi connectivity index (χ4v) is 2.86. The van der Waals surface area contributed by atoms with Crippen molar-refractivity contribution in [2.24, 2.45) is 0 Å². The lowest BCUT2D eigenvalue weighted by atomic mass is 10.0. The molecule has 0 spiro atoms. The van der Waals surface area contributed by atoms with E-state index in [-0.39, 0.29) is 17.5 Å². The van der Waals surface area contributed by atoms with E-state index in [1.807, 2.05) is 0 Å². The van der Waals surface area contributed by atoms with Crippen LogP contribution < -0.4 is 10.1 Å². The van der Waals surface area contributed by atoms with Crippen molar-refractivity contribution >= 4 is 21.6 Å². The Hall–Kier alpha value is -1.65. The molecule has 0 radical (unpaired) electrons. The van der Waals surface area contributed by atoms with Crippen LogP contribution in [0.25, 0.3) is 0 Å². The van der Waals surface area contributed by atoms with Gasteiger partial charge in [-0.05, 0) is 41.9 Å². The van der Waals surface area contributed by atoms with E-state index >= 15 is 0 Å². The molecule has 1 N–H and O–H groups in total. The number of hydrogen-bond acceptors (Lipinski definition) is 5. The highest BCUT2D eigenvalue weighted by Crippen LogP contribution is 2.39. The van der Waals surface area contributed by atoms with Gasteiger partial charge in [-0.3, -0.25) is 10.1 Å². The molecule has 6 nitrogen and oxygen atoms in total. The predicted molar refractivity (Wildman–Crippen MR) is 76.5 cm³/mol. The van der Waals surface area contributed by atoms with E-state index in [1.165, 1.54) is 6.07 Å². The average molecular weight is 340 g/mol. The number of halogens is 1. The van der Waals surface area contributed by atoms with E-state index in [4.69, 9.17) is 4.74 Å². The zero-order valence-electron chi connectivity index (χ0n) is 10.9. The summed E-state index contributed by atoms with van der Waals surface area (Å²) >= 11 is 3.28. The molecule has 1 aliphatic rings. The first kappa shape index (κ1) is 14.8. The second kappa shape index (κ2) is 5.77. The lowest BCUT2D eigenvalue weighted by Crippen LogP contribution is -2.39. The molecule has 2 unspecified atom stereocenters. The highest BCUT2D eigenvalue weighted by Gasteiger charge is 2.40. The van der Waals surface area contributed by atoms with Crippen molar-refractivity contribution in [3.05, 3.63) is 32.8 Å². The van der Waals surface area contributed by atoms with E-state index < -0.39 is 10.5 Å². The van der Waals surface area contributed by atoms with Gasteiger partial charge in [0.05, 0.1) is 15.5 Å². The number of nitrogens with one attached hydrogen (secondary N) is 1. The molecule has 0 aliphatic heterocycles. The standard InChI is InChI=1S/C13H14BrN3O3/c1-16-13(8-15)6-5-9(7-13)20-12-10(14)3-2-4-11(12)17(18)19/h2-4,9,16H,5-7H2,1H3. The first-order valence-electron chi connectivity index (χ1n) is 6.21. The Labute approximate surface area is 125 Å². The summed E-state index contributed by atoms with van der Waals surface area (Å²) in [5.74, 6) is 0.229. The largest absolute Gasteiger partial charge is 0.483 e. The SMILES string of the molecule is CNC1(C#N)CCC(Oc2c(Br)cccc2[N+](=O)[O-])C1. The van der Waals surface area contributed by atoms with Crippen molar-refractivity contribution in [2.45, 2.75) is 30.9 Å². The average Bonchev–Trinajstić information content (AvgIpc) is 2.85. The van der Waals surface area contributed by atoms with Crippen molar-refractivity contribution in [3.8, 4) is 11.8 Å². The molecule has 2 rings (SSSR count). The van der Waals surface area contributed by atoms with Gasteiger partial charge < -0.3 is 10.1 Å². The summed E-state index contributed by atoms with van der Waals surface area (Å²) in [6, 6.07) is 6.96. The first-order valence-corrected chi connectivity index (χ1v) is 7.00. The Balaban J connectivity index is 2.21. The number of nitrogens with zero attached hydrogens (tertiary/aromatic N) is 2. The van der Waals surface area contributed by atoms with Crippen molar-refractivity contribution in [3.63, 3.8) is 0 Å². The Bertz CT molecular complexity index is 572. The van der Waals surface area contributed by atoms with Crippen LogP contribution >= 0.6 is 15.9 Å².